The van der Waals surface area contributed by atoms with Gasteiger partial charge in [0.05, 0.1) is 11.8 Å². The standard InChI is InChI=1S/C21H27N3O3.ClH/c22-10-15-11-23(12-18(15)14-6-2-1-3-7-14)19(25)13-24-20(26)16-8-4-5-9-17(16)21(24)27;/h1-3,6-7,15-18H,4-5,8-13,22H2;1H/t15-,16?,17?,18+;/m1./s1. The largest absolute Gasteiger partial charge is 0.340 e. The number of amides is 3. The molecule has 1 aliphatic carbocycles. The Kier molecular flexibility index (Phi) is 6.40. The first kappa shape index (κ1) is 20.8. The Morgan fingerprint density at radius 3 is 2.14 bits per heavy atom. The van der Waals surface area contributed by atoms with Crippen LogP contribution in [0.3, 0.4) is 0 Å². The summed E-state index contributed by atoms with van der Waals surface area (Å²) in [5.74, 6) is -0.443. The maximum Gasteiger partial charge on any atom is 0.242 e. The van der Waals surface area contributed by atoms with Crippen LogP contribution < -0.4 is 5.73 Å². The van der Waals surface area contributed by atoms with E-state index < -0.39 is 0 Å². The van der Waals surface area contributed by atoms with E-state index in [-0.39, 0.29) is 60.3 Å². The number of imide groups is 1. The van der Waals surface area contributed by atoms with Crippen LogP contribution in [0, 0.1) is 17.8 Å². The van der Waals surface area contributed by atoms with Gasteiger partial charge in [0.2, 0.25) is 17.7 Å². The van der Waals surface area contributed by atoms with E-state index in [0.717, 1.165) is 25.7 Å². The molecule has 152 valence electrons. The molecule has 0 radical (unpaired) electrons. The number of rotatable bonds is 4. The van der Waals surface area contributed by atoms with Gasteiger partial charge < -0.3 is 10.6 Å². The summed E-state index contributed by atoms with van der Waals surface area (Å²) in [6, 6.07) is 10.1. The summed E-state index contributed by atoms with van der Waals surface area (Å²) < 4.78 is 0. The van der Waals surface area contributed by atoms with E-state index >= 15 is 0 Å². The normalized spacial score (nSPS) is 29.6. The maximum absolute atomic E-state index is 12.9. The molecule has 28 heavy (non-hydrogen) atoms. The van der Waals surface area contributed by atoms with E-state index in [1.807, 2.05) is 18.2 Å². The van der Waals surface area contributed by atoms with Gasteiger partial charge in [-0.15, -0.1) is 12.4 Å². The summed E-state index contributed by atoms with van der Waals surface area (Å²) in [5, 5.41) is 0. The molecule has 4 atom stereocenters. The minimum Gasteiger partial charge on any atom is -0.340 e. The van der Waals surface area contributed by atoms with Crippen LogP contribution in [0.15, 0.2) is 30.3 Å². The predicted molar refractivity (Wildman–Crippen MR) is 108 cm³/mol. The Balaban J connectivity index is 0.00000225. The minimum atomic E-state index is -0.202. The van der Waals surface area contributed by atoms with Crippen molar-refractivity contribution in [1.82, 2.24) is 9.80 Å². The molecule has 1 aromatic carbocycles. The Morgan fingerprint density at radius 2 is 1.57 bits per heavy atom. The SMILES string of the molecule is Cl.NC[C@@H]1CN(C(=O)CN2C(=O)C3CCCCC3C2=O)C[C@H]1c1ccccc1. The molecule has 1 saturated carbocycles. The summed E-state index contributed by atoms with van der Waals surface area (Å²) in [6.45, 7) is 1.56. The lowest BCUT2D eigenvalue weighted by molar-refractivity contribution is -0.146. The summed E-state index contributed by atoms with van der Waals surface area (Å²) in [7, 11) is 0. The molecule has 0 spiro atoms. The molecule has 2 saturated heterocycles. The molecule has 2 unspecified atom stereocenters. The molecule has 3 fully saturated rings. The van der Waals surface area contributed by atoms with Crippen LogP contribution >= 0.6 is 12.4 Å². The number of carbonyl (C=O) groups is 3. The van der Waals surface area contributed by atoms with Crippen molar-refractivity contribution in [2.75, 3.05) is 26.2 Å². The van der Waals surface area contributed by atoms with Crippen LogP contribution in [-0.4, -0.2) is 53.7 Å². The highest BCUT2D eigenvalue weighted by molar-refractivity contribution is 6.07. The third-order valence-corrected chi connectivity index (χ3v) is 6.55. The smallest absolute Gasteiger partial charge is 0.242 e. The zero-order chi connectivity index (χ0) is 19.0. The van der Waals surface area contributed by atoms with Crippen LogP contribution in [0.25, 0.3) is 0 Å². The lowest BCUT2D eigenvalue weighted by atomic mass is 9.81. The van der Waals surface area contributed by atoms with Crippen molar-refractivity contribution in [3.8, 4) is 0 Å². The summed E-state index contributed by atoms with van der Waals surface area (Å²) in [6.07, 6.45) is 3.53. The second kappa shape index (κ2) is 8.62. The molecule has 6 nitrogen and oxygen atoms in total. The molecule has 0 bridgehead atoms. The van der Waals surface area contributed by atoms with Gasteiger partial charge >= 0.3 is 0 Å². The summed E-state index contributed by atoms with van der Waals surface area (Å²) in [5.41, 5.74) is 7.14. The highest BCUT2D eigenvalue weighted by atomic mass is 35.5. The third kappa shape index (κ3) is 3.67. The fourth-order valence-corrected chi connectivity index (χ4v) is 5.01. The third-order valence-electron chi connectivity index (χ3n) is 6.55. The monoisotopic (exact) mass is 405 g/mol. The van der Waals surface area contributed by atoms with Crippen LogP contribution in [0.2, 0.25) is 0 Å². The fourth-order valence-electron chi connectivity index (χ4n) is 5.01. The van der Waals surface area contributed by atoms with Gasteiger partial charge in [-0.1, -0.05) is 43.2 Å². The molecule has 7 heteroatoms. The van der Waals surface area contributed by atoms with Gasteiger partial charge in [-0.05, 0) is 30.9 Å². The van der Waals surface area contributed by atoms with E-state index in [9.17, 15) is 14.4 Å². The van der Waals surface area contributed by atoms with E-state index in [4.69, 9.17) is 5.73 Å². The van der Waals surface area contributed by atoms with E-state index in [2.05, 4.69) is 12.1 Å². The van der Waals surface area contributed by atoms with Crippen LogP contribution in [0.4, 0.5) is 0 Å². The van der Waals surface area contributed by atoms with E-state index in [1.54, 1.807) is 4.90 Å². The molecule has 2 heterocycles. The average molecular weight is 406 g/mol. The first-order chi connectivity index (χ1) is 13.1. The molecular weight excluding hydrogens is 378 g/mol. The van der Waals surface area contributed by atoms with Crippen molar-refractivity contribution >= 4 is 30.1 Å². The van der Waals surface area contributed by atoms with Gasteiger partial charge in [0, 0.05) is 19.0 Å². The van der Waals surface area contributed by atoms with Gasteiger partial charge in [-0.3, -0.25) is 19.3 Å². The number of likely N-dealkylation sites (tertiary alicyclic amines) is 2. The first-order valence-corrected chi connectivity index (χ1v) is 9.98. The highest BCUT2D eigenvalue weighted by Gasteiger charge is 2.49. The Bertz CT molecular complexity index is 718. The minimum absolute atomic E-state index is 0. The molecule has 0 aromatic heterocycles. The average Bonchev–Trinajstić information content (AvgIpc) is 3.25. The van der Waals surface area contributed by atoms with Crippen LogP contribution in [0.5, 0.6) is 0 Å². The topological polar surface area (TPSA) is 83.7 Å². The Labute approximate surface area is 171 Å². The lowest BCUT2D eigenvalue weighted by Crippen LogP contribution is -2.42. The molecule has 2 N–H and O–H groups in total. The van der Waals surface area contributed by atoms with Crippen molar-refractivity contribution in [3.63, 3.8) is 0 Å². The number of hydrogen-bond donors (Lipinski definition) is 1. The van der Waals surface area contributed by atoms with Crippen molar-refractivity contribution in [3.05, 3.63) is 35.9 Å². The first-order valence-electron chi connectivity index (χ1n) is 9.98. The van der Waals surface area contributed by atoms with Gasteiger partial charge in [0.1, 0.15) is 6.54 Å². The van der Waals surface area contributed by atoms with Crippen molar-refractivity contribution in [1.29, 1.82) is 0 Å². The van der Waals surface area contributed by atoms with Crippen molar-refractivity contribution in [2.45, 2.75) is 31.6 Å². The molecule has 4 rings (SSSR count). The zero-order valence-electron chi connectivity index (χ0n) is 16.0. The van der Waals surface area contributed by atoms with E-state index in [1.165, 1.54) is 10.5 Å². The number of nitrogens with zero attached hydrogens (tertiary/aromatic N) is 2. The molecule has 3 amide bonds. The number of hydrogen-bond acceptors (Lipinski definition) is 4. The Morgan fingerprint density at radius 1 is 0.964 bits per heavy atom. The second-order valence-corrected chi connectivity index (χ2v) is 8.07. The quantitative estimate of drug-likeness (QED) is 0.774. The molecule has 3 aliphatic rings. The number of nitrogens with two attached hydrogens (primary N) is 1. The van der Waals surface area contributed by atoms with Crippen molar-refractivity contribution in [2.24, 2.45) is 23.5 Å². The van der Waals surface area contributed by atoms with Gasteiger partial charge in [-0.25, -0.2) is 0 Å². The van der Waals surface area contributed by atoms with Gasteiger partial charge in [-0.2, -0.15) is 0 Å². The fraction of sp³-hybridized carbons (Fsp3) is 0.571. The van der Waals surface area contributed by atoms with Gasteiger partial charge in [0.15, 0.2) is 0 Å². The summed E-state index contributed by atoms with van der Waals surface area (Å²) in [4.78, 5) is 41.1. The second-order valence-electron chi connectivity index (χ2n) is 8.07. The zero-order valence-corrected chi connectivity index (χ0v) is 16.8. The molecule has 1 aromatic rings. The maximum atomic E-state index is 12.9. The number of benzene rings is 1. The number of fused-ring (bicyclic) bond motifs is 1. The van der Waals surface area contributed by atoms with Crippen LogP contribution in [0.1, 0.15) is 37.2 Å². The Hall–Kier alpha value is -1.92. The highest BCUT2D eigenvalue weighted by Crippen LogP contribution is 2.38. The van der Waals surface area contributed by atoms with Crippen molar-refractivity contribution < 1.29 is 14.4 Å². The molecular formula is C21H28ClN3O3. The van der Waals surface area contributed by atoms with Crippen LogP contribution in [-0.2, 0) is 14.4 Å². The van der Waals surface area contributed by atoms with Gasteiger partial charge in [0.25, 0.3) is 0 Å². The predicted octanol–water partition coefficient (Wildman–Crippen LogP) is 1.78. The van der Waals surface area contributed by atoms with E-state index in [0.29, 0.717) is 19.6 Å². The number of halogens is 1. The molecule has 2 aliphatic heterocycles. The lowest BCUT2D eigenvalue weighted by Gasteiger charge is -2.20. The summed E-state index contributed by atoms with van der Waals surface area (Å²) >= 11 is 0. The number of carbonyl (C=O) groups excluding carboxylic acids is 3.